The fraction of sp³-hybridized carbons (Fsp3) is 0.667. The molecule has 3 heterocycles. The molecule has 2 aliphatic heterocycles. The summed E-state index contributed by atoms with van der Waals surface area (Å²) in [6.45, 7) is 4.18. The molecule has 0 aromatic carbocycles. The van der Waals surface area contributed by atoms with E-state index < -0.39 is 0 Å². The number of amides is 1. The van der Waals surface area contributed by atoms with Crippen molar-refractivity contribution in [2.75, 3.05) is 25.1 Å². The molecule has 1 amide bonds. The predicted molar refractivity (Wildman–Crippen MR) is 83.4 cm³/mol. The molecule has 1 N–H and O–H groups in total. The van der Waals surface area contributed by atoms with Crippen LogP contribution in [0.3, 0.4) is 0 Å². The van der Waals surface area contributed by atoms with Crippen LogP contribution >= 0.6 is 11.3 Å². The highest BCUT2D eigenvalue weighted by Gasteiger charge is 2.35. The van der Waals surface area contributed by atoms with Gasteiger partial charge in [-0.15, -0.1) is 11.3 Å². The number of ether oxygens (including phenoxy) is 1. The Hall–Kier alpha value is -1.65. The van der Waals surface area contributed by atoms with Crippen molar-refractivity contribution in [3.8, 4) is 6.19 Å². The van der Waals surface area contributed by atoms with Gasteiger partial charge in [-0.05, 0) is 32.1 Å². The molecule has 22 heavy (non-hydrogen) atoms. The van der Waals surface area contributed by atoms with E-state index in [4.69, 9.17) is 10.00 Å². The van der Waals surface area contributed by atoms with E-state index in [2.05, 4.69) is 16.5 Å². The Morgan fingerprint density at radius 1 is 1.50 bits per heavy atom. The summed E-state index contributed by atoms with van der Waals surface area (Å²) in [5.74, 6) is 0.324. The molecule has 2 fully saturated rings. The molecule has 3 rings (SSSR count). The van der Waals surface area contributed by atoms with Crippen molar-refractivity contribution in [1.29, 1.82) is 5.26 Å². The van der Waals surface area contributed by atoms with E-state index in [1.54, 1.807) is 16.2 Å². The van der Waals surface area contributed by atoms with E-state index in [1.165, 1.54) is 4.88 Å². The van der Waals surface area contributed by atoms with Gasteiger partial charge < -0.3 is 15.0 Å². The van der Waals surface area contributed by atoms with Gasteiger partial charge in [0.2, 0.25) is 5.91 Å². The van der Waals surface area contributed by atoms with Gasteiger partial charge >= 0.3 is 0 Å². The zero-order valence-electron chi connectivity index (χ0n) is 12.6. The monoisotopic (exact) mass is 320 g/mol. The Bertz CT molecular complexity index is 576. The number of thiazole rings is 1. The molecule has 0 radical (unpaired) electrons. The third-order valence-electron chi connectivity index (χ3n) is 4.60. The number of carbonyl (C=O) groups is 1. The van der Waals surface area contributed by atoms with E-state index in [9.17, 15) is 4.79 Å². The zero-order chi connectivity index (χ0) is 15.5. The number of nitriles is 1. The molecule has 0 saturated carbocycles. The van der Waals surface area contributed by atoms with Crippen LogP contribution in [0, 0.1) is 17.4 Å². The van der Waals surface area contributed by atoms with E-state index >= 15 is 0 Å². The van der Waals surface area contributed by atoms with Gasteiger partial charge in [-0.1, -0.05) is 0 Å². The number of rotatable bonds is 3. The number of carbonyl (C=O) groups excluding carboxylic acids is 1. The highest BCUT2D eigenvalue weighted by Crippen LogP contribution is 2.33. The summed E-state index contributed by atoms with van der Waals surface area (Å²) < 4.78 is 5.38. The fourth-order valence-electron chi connectivity index (χ4n) is 3.14. The van der Waals surface area contributed by atoms with E-state index in [0.717, 1.165) is 32.5 Å². The normalized spacial score (nSPS) is 25.9. The molecule has 2 saturated heterocycles. The van der Waals surface area contributed by atoms with Crippen LogP contribution in [0.15, 0.2) is 6.20 Å². The molecule has 1 aromatic heterocycles. The lowest BCUT2D eigenvalue weighted by Gasteiger charge is -2.20. The largest absolute Gasteiger partial charge is 0.381 e. The highest BCUT2D eigenvalue weighted by molar-refractivity contribution is 7.15. The van der Waals surface area contributed by atoms with Gasteiger partial charge in [0.05, 0.1) is 5.92 Å². The standard InChI is InChI=1S/C15H20N4O2S/c1-10-12(2-5-19(10)9-16)14(20)18-15-17-8-13(22-15)11-3-6-21-7-4-11/h8,10-12H,2-7H2,1H3,(H,17,18,20)/t10-,12-/m0/s1. The average Bonchev–Trinajstić information content (AvgIpc) is 3.14. The van der Waals surface area contributed by atoms with Gasteiger partial charge in [0.15, 0.2) is 11.3 Å². The Kier molecular flexibility index (Phi) is 4.60. The van der Waals surface area contributed by atoms with Crippen molar-refractivity contribution >= 4 is 22.4 Å². The van der Waals surface area contributed by atoms with Gasteiger partial charge in [-0.25, -0.2) is 4.98 Å². The zero-order valence-corrected chi connectivity index (χ0v) is 13.4. The third kappa shape index (κ3) is 3.08. The van der Waals surface area contributed by atoms with Gasteiger partial charge in [0.1, 0.15) is 0 Å². The summed E-state index contributed by atoms with van der Waals surface area (Å²) in [6.07, 6.45) is 6.77. The summed E-state index contributed by atoms with van der Waals surface area (Å²) in [6, 6.07) is -0.0417. The summed E-state index contributed by atoms with van der Waals surface area (Å²) in [7, 11) is 0. The number of nitrogens with one attached hydrogen (secondary N) is 1. The molecule has 6 nitrogen and oxygen atoms in total. The molecule has 0 unspecified atom stereocenters. The van der Waals surface area contributed by atoms with E-state index in [1.807, 2.05) is 13.1 Å². The third-order valence-corrected chi connectivity index (χ3v) is 5.67. The quantitative estimate of drug-likeness (QED) is 0.864. The van der Waals surface area contributed by atoms with Gasteiger partial charge in [0.25, 0.3) is 0 Å². The lowest BCUT2D eigenvalue weighted by Crippen LogP contribution is -2.32. The molecule has 118 valence electrons. The Balaban J connectivity index is 1.60. The number of likely N-dealkylation sites (tertiary alicyclic amines) is 1. The average molecular weight is 320 g/mol. The first-order chi connectivity index (χ1) is 10.7. The van der Waals surface area contributed by atoms with Crippen LogP contribution in [0.5, 0.6) is 0 Å². The SMILES string of the molecule is C[C@H]1[C@@H](C(=O)Nc2ncc(C3CCOCC3)s2)CCN1C#N. The number of anilines is 1. The van der Waals surface area contributed by atoms with Crippen molar-refractivity contribution in [3.05, 3.63) is 11.1 Å². The Morgan fingerprint density at radius 2 is 2.27 bits per heavy atom. The van der Waals surface area contributed by atoms with Gasteiger partial charge in [0, 0.05) is 36.9 Å². The molecule has 0 aliphatic carbocycles. The van der Waals surface area contributed by atoms with E-state index in [0.29, 0.717) is 17.6 Å². The summed E-state index contributed by atoms with van der Waals surface area (Å²) in [5.41, 5.74) is 0. The second-order valence-corrected chi connectivity index (χ2v) is 6.94. The molecule has 2 atom stereocenters. The minimum absolute atomic E-state index is 0.0295. The Morgan fingerprint density at radius 3 is 2.95 bits per heavy atom. The first-order valence-corrected chi connectivity index (χ1v) is 8.51. The van der Waals surface area contributed by atoms with Crippen LogP contribution in [0.4, 0.5) is 5.13 Å². The number of hydrogen-bond donors (Lipinski definition) is 1. The second-order valence-electron chi connectivity index (χ2n) is 5.87. The van der Waals surface area contributed by atoms with Crippen LogP contribution in [0.1, 0.15) is 37.0 Å². The number of aromatic nitrogens is 1. The van der Waals surface area contributed by atoms with Crippen molar-refractivity contribution in [3.63, 3.8) is 0 Å². The maximum absolute atomic E-state index is 12.4. The van der Waals surface area contributed by atoms with Crippen LogP contribution in [0.25, 0.3) is 0 Å². The minimum atomic E-state index is -0.143. The number of nitrogens with zero attached hydrogens (tertiary/aromatic N) is 3. The topological polar surface area (TPSA) is 78.2 Å². The van der Waals surface area contributed by atoms with Crippen LogP contribution in [0.2, 0.25) is 0 Å². The van der Waals surface area contributed by atoms with Crippen LogP contribution in [-0.2, 0) is 9.53 Å². The molecule has 7 heteroatoms. The van der Waals surface area contributed by atoms with Crippen molar-refractivity contribution in [2.24, 2.45) is 5.92 Å². The molecule has 1 aromatic rings. The summed E-state index contributed by atoms with van der Waals surface area (Å²) in [4.78, 5) is 19.6. The van der Waals surface area contributed by atoms with Crippen molar-refractivity contribution < 1.29 is 9.53 Å². The van der Waals surface area contributed by atoms with E-state index in [-0.39, 0.29) is 17.9 Å². The highest BCUT2D eigenvalue weighted by atomic mass is 32.1. The van der Waals surface area contributed by atoms with Crippen LogP contribution < -0.4 is 5.32 Å². The summed E-state index contributed by atoms with van der Waals surface area (Å²) >= 11 is 1.56. The maximum atomic E-state index is 12.4. The second kappa shape index (κ2) is 6.63. The lowest BCUT2D eigenvalue weighted by atomic mass is 9.99. The Labute approximate surface area is 134 Å². The molecule has 0 bridgehead atoms. The van der Waals surface area contributed by atoms with Crippen molar-refractivity contribution in [2.45, 2.75) is 38.1 Å². The first-order valence-electron chi connectivity index (χ1n) is 7.69. The first kappa shape index (κ1) is 15.3. The molecule has 2 aliphatic rings. The van der Waals surface area contributed by atoms with Crippen molar-refractivity contribution in [1.82, 2.24) is 9.88 Å². The minimum Gasteiger partial charge on any atom is -0.381 e. The molecular weight excluding hydrogens is 300 g/mol. The molecule has 0 spiro atoms. The smallest absolute Gasteiger partial charge is 0.231 e. The van der Waals surface area contributed by atoms with Crippen LogP contribution in [-0.4, -0.2) is 41.6 Å². The summed E-state index contributed by atoms with van der Waals surface area (Å²) in [5, 5.41) is 12.6. The van der Waals surface area contributed by atoms with Gasteiger partial charge in [-0.2, -0.15) is 5.26 Å². The molecular formula is C15H20N4O2S. The lowest BCUT2D eigenvalue weighted by molar-refractivity contribution is -0.120. The van der Waals surface area contributed by atoms with Gasteiger partial charge in [-0.3, -0.25) is 4.79 Å². The fourth-order valence-corrected chi connectivity index (χ4v) is 4.13. The maximum Gasteiger partial charge on any atom is 0.231 e. The number of hydrogen-bond acceptors (Lipinski definition) is 6. The predicted octanol–water partition coefficient (Wildman–Crippen LogP) is 2.17.